The number of nitrogens with zero attached hydrogens (tertiary/aromatic N) is 6. The highest BCUT2D eigenvalue weighted by Gasteiger charge is 2.13. The minimum atomic E-state index is -0.446. The Kier molecular flexibility index (Phi) is 5.57. The Balaban J connectivity index is 1.55. The summed E-state index contributed by atoms with van der Waals surface area (Å²) in [4.78, 5) is 23.5. The molecular formula is C20H18N6O4. The van der Waals surface area contributed by atoms with Crippen molar-refractivity contribution in [3.05, 3.63) is 76.5 Å². The normalized spacial score (nSPS) is 11.0. The van der Waals surface area contributed by atoms with Gasteiger partial charge in [0.25, 0.3) is 11.6 Å². The highest BCUT2D eigenvalue weighted by atomic mass is 16.6. The van der Waals surface area contributed by atoms with E-state index in [0.717, 1.165) is 16.7 Å². The second-order valence-corrected chi connectivity index (χ2v) is 6.42. The highest BCUT2D eigenvalue weighted by molar-refractivity contribution is 5.82. The standard InChI is InChI=1S/C20H18N6O4/c1-29-8-9-30-17-6-2-14(3-7-17)10-19-21-13-22-20(24-19)25-18-11-16(26(27)28)5-4-15(18)12-23-25/h2-7,11-13H,8-10H2,1H3. The highest BCUT2D eigenvalue weighted by Crippen LogP contribution is 2.22. The molecule has 4 rings (SSSR count). The monoisotopic (exact) mass is 406 g/mol. The zero-order valence-corrected chi connectivity index (χ0v) is 16.1. The van der Waals surface area contributed by atoms with Crippen LogP contribution in [0, 0.1) is 10.1 Å². The van der Waals surface area contributed by atoms with Gasteiger partial charge >= 0.3 is 0 Å². The largest absolute Gasteiger partial charge is 0.491 e. The average molecular weight is 406 g/mol. The van der Waals surface area contributed by atoms with E-state index in [4.69, 9.17) is 9.47 Å². The molecule has 2 aromatic heterocycles. The van der Waals surface area contributed by atoms with Crippen LogP contribution in [-0.2, 0) is 11.2 Å². The van der Waals surface area contributed by atoms with E-state index in [2.05, 4.69) is 20.1 Å². The molecule has 4 aromatic rings. The van der Waals surface area contributed by atoms with Crippen LogP contribution in [0.3, 0.4) is 0 Å². The lowest BCUT2D eigenvalue weighted by Crippen LogP contribution is -2.07. The molecule has 0 aliphatic carbocycles. The van der Waals surface area contributed by atoms with Crippen LogP contribution in [0.15, 0.2) is 55.0 Å². The number of hydrogen-bond donors (Lipinski definition) is 0. The van der Waals surface area contributed by atoms with Gasteiger partial charge in [-0.05, 0) is 23.8 Å². The fourth-order valence-electron chi connectivity index (χ4n) is 2.92. The van der Waals surface area contributed by atoms with Gasteiger partial charge in [0.2, 0.25) is 0 Å². The maximum atomic E-state index is 11.1. The van der Waals surface area contributed by atoms with Crippen molar-refractivity contribution in [1.29, 1.82) is 0 Å². The quantitative estimate of drug-likeness (QED) is 0.249. The van der Waals surface area contributed by atoms with Crippen molar-refractivity contribution < 1.29 is 14.4 Å². The number of fused-ring (bicyclic) bond motifs is 1. The molecule has 2 heterocycles. The molecule has 0 aliphatic rings. The van der Waals surface area contributed by atoms with Crippen LogP contribution in [0.5, 0.6) is 5.75 Å². The van der Waals surface area contributed by atoms with E-state index in [1.165, 1.54) is 23.1 Å². The molecule has 0 amide bonds. The fraction of sp³-hybridized carbons (Fsp3) is 0.200. The molecule has 0 unspecified atom stereocenters. The van der Waals surface area contributed by atoms with Gasteiger partial charge in [0.15, 0.2) is 0 Å². The van der Waals surface area contributed by atoms with Gasteiger partial charge < -0.3 is 9.47 Å². The van der Waals surface area contributed by atoms with Crippen LogP contribution >= 0.6 is 0 Å². The van der Waals surface area contributed by atoms with E-state index in [1.807, 2.05) is 24.3 Å². The van der Waals surface area contributed by atoms with Crippen molar-refractivity contribution >= 4 is 16.6 Å². The molecule has 10 heteroatoms. The summed E-state index contributed by atoms with van der Waals surface area (Å²) >= 11 is 0. The van der Waals surface area contributed by atoms with Crippen LogP contribution in [0.25, 0.3) is 16.9 Å². The van der Waals surface area contributed by atoms with E-state index < -0.39 is 4.92 Å². The van der Waals surface area contributed by atoms with Gasteiger partial charge in [-0.25, -0.2) is 4.98 Å². The summed E-state index contributed by atoms with van der Waals surface area (Å²) in [6.45, 7) is 1.02. The van der Waals surface area contributed by atoms with Gasteiger partial charge in [0, 0.05) is 31.0 Å². The lowest BCUT2D eigenvalue weighted by atomic mass is 10.1. The number of nitro groups is 1. The van der Waals surface area contributed by atoms with Crippen molar-refractivity contribution in [1.82, 2.24) is 24.7 Å². The van der Waals surface area contributed by atoms with Crippen LogP contribution in [0.1, 0.15) is 11.4 Å². The molecule has 152 valence electrons. The van der Waals surface area contributed by atoms with Gasteiger partial charge in [0.1, 0.15) is 24.5 Å². The average Bonchev–Trinajstić information content (AvgIpc) is 3.19. The zero-order valence-electron chi connectivity index (χ0n) is 16.1. The Morgan fingerprint density at radius 3 is 2.70 bits per heavy atom. The molecule has 0 radical (unpaired) electrons. The predicted octanol–water partition coefficient (Wildman–Crippen LogP) is 2.73. The van der Waals surface area contributed by atoms with E-state index >= 15 is 0 Å². The summed E-state index contributed by atoms with van der Waals surface area (Å²) in [6.07, 6.45) is 3.52. The Labute approximate surface area is 171 Å². The molecule has 0 atom stereocenters. The first kappa shape index (κ1) is 19.4. The first-order valence-corrected chi connectivity index (χ1v) is 9.15. The summed E-state index contributed by atoms with van der Waals surface area (Å²) in [5, 5.41) is 16.1. The fourth-order valence-corrected chi connectivity index (χ4v) is 2.92. The molecule has 2 aromatic carbocycles. The summed E-state index contributed by atoms with van der Waals surface area (Å²) in [5.74, 6) is 1.62. The number of aromatic nitrogens is 5. The smallest absolute Gasteiger partial charge is 0.271 e. The number of rotatable bonds is 8. The number of methoxy groups -OCH3 is 1. The van der Waals surface area contributed by atoms with Crippen molar-refractivity contribution in [2.75, 3.05) is 20.3 Å². The third-order valence-corrected chi connectivity index (χ3v) is 4.41. The van der Waals surface area contributed by atoms with Crippen LogP contribution < -0.4 is 4.74 Å². The summed E-state index contributed by atoms with van der Waals surface area (Å²) in [5.41, 5.74) is 1.54. The third kappa shape index (κ3) is 4.23. The minimum Gasteiger partial charge on any atom is -0.491 e. The van der Waals surface area contributed by atoms with Crippen LogP contribution in [-0.4, -0.2) is 50.0 Å². The minimum absolute atomic E-state index is 0.0219. The molecule has 0 saturated heterocycles. The molecule has 0 saturated carbocycles. The summed E-state index contributed by atoms with van der Waals surface area (Å²) < 4.78 is 12.0. The van der Waals surface area contributed by atoms with E-state index in [9.17, 15) is 10.1 Å². The molecule has 30 heavy (non-hydrogen) atoms. The number of non-ortho nitro benzene ring substituents is 1. The van der Waals surface area contributed by atoms with Crippen molar-refractivity contribution in [2.24, 2.45) is 0 Å². The molecule has 0 N–H and O–H groups in total. The van der Waals surface area contributed by atoms with Gasteiger partial charge in [-0.1, -0.05) is 12.1 Å². The van der Waals surface area contributed by atoms with Gasteiger partial charge in [-0.3, -0.25) is 10.1 Å². The Hall–Kier alpha value is -3.92. The second kappa shape index (κ2) is 8.62. The summed E-state index contributed by atoms with van der Waals surface area (Å²) in [6, 6.07) is 12.2. The first-order chi connectivity index (χ1) is 14.6. The lowest BCUT2D eigenvalue weighted by molar-refractivity contribution is -0.384. The van der Waals surface area contributed by atoms with E-state index in [-0.39, 0.29) is 5.69 Å². The maximum absolute atomic E-state index is 11.1. The second-order valence-electron chi connectivity index (χ2n) is 6.42. The van der Waals surface area contributed by atoms with Gasteiger partial charge in [0.05, 0.1) is 23.2 Å². The van der Waals surface area contributed by atoms with E-state index in [0.29, 0.717) is 36.9 Å². The van der Waals surface area contributed by atoms with Crippen molar-refractivity contribution in [2.45, 2.75) is 6.42 Å². The predicted molar refractivity (Wildman–Crippen MR) is 108 cm³/mol. The number of hydrogen-bond acceptors (Lipinski definition) is 8. The lowest BCUT2D eigenvalue weighted by Gasteiger charge is -2.07. The van der Waals surface area contributed by atoms with Gasteiger partial charge in [-0.2, -0.15) is 19.7 Å². The molecular weight excluding hydrogens is 388 g/mol. The third-order valence-electron chi connectivity index (χ3n) is 4.41. The first-order valence-electron chi connectivity index (χ1n) is 9.15. The van der Waals surface area contributed by atoms with Crippen LogP contribution in [0.4, 0.5) is 5.69 Å². The number of ether oxygens (including phenoxy) is 2. The number of benzene rings is 2. The SMILES string of the molecule is COCCOc1ccc(Cc2ncnc(-n3ncc4ccc([N+](=O)[O-])cc43)n2)cc1. The van der Waals surface area contributed by atoms with Crippen molar-refractivity contribution in [3.63, 3.8) is 0 Å². The molecule has 0 aliphatic heterocycles. The van der Waals surface area contributed by atoms with Gasteiger partial charge in [-0.15, -0.1) is 0 Å². The molecule has 0 bridgehead atoms. The zero-order chi connectivity index (χ0) is 20.9. The number of nitro benzene ring substituents is 1. The Morgan fingerprint density at radius 1 is 1.10 bits per heavy atom. The molecule has 0 spiro atoms. The Bertz CT molecular complexity index is 1180. The van der Waals surface area contributed by atoms with Crippen molar-refractivity contribution in [3.8, 4) is 11.7 Å². The summed E-state index contributed by atoms with van der Waals surface area (Å²) in [7, 11) is 1.63. The molecule has 0 fully saturated rings. The van der Waals surface area contributed by atoms with E-state index in [1.54, 1.807) is 19.4 Å². The maximum Gasteiger partial charge on any atom is 0.271 e. The topological polar surface area (TPSA) is 118 Å². The Morgan fingerprint density at radius 2 is 1.93 bits per heavy atom. The molecule has 10 nitrogen and oxygen atoms in total. The van der Waals surface area contributed by atoms with Crippen LogP contribution in [0.2, 0.25) is 0 Å².